The first-order chi connectivity index (χ1) is 16.8. The number of carbonyl (C=O) groups is 1. The number of amides is 1. The van der Waals surface area contributed by atoms with Gasteiger partial charge in [-0.1, -0.05) is 17.7 Å². The van der Waals surface area contributed by atoms with Crippen LogP contribution in [0.2, 0.25) is 5.02 Å². The van der Waals surface area contributed by atoms with E-state index in [2.05, 4.69) is 28.5 Å². The van der Waals surface area contributed by atoms with Gasteiger partial charge in [-0.05, 0) is 63.8 Å². The number of anilines is 1. The fourth-order valence-corrected chi connectivity index (χ4v) is 4.98. The number of nitrogens with zero attached hydrogens (tertiary/aromatic N) is 3. The van der Waals surface area contributed by atoms with Crippen LogP contribution in [0.15, 0.2) is 30.5 Å². The molecule has 8 heteroatoms. The molecular weight excluding hydrogens is 465 g/mol. The van der Waals surface area contributed by atoms with Gasteiger partial charge >= 0.3 is 0 Å². The lowest BCUT2D eigenvalue weighted by Crippen LogP contribution is -2.33. The highest BCUT2D eigenvalue weighted by Crippen LogP contribution is 2.43. The number of carbonyl (C=O) groups excluding carboxylic acids is 1. The maximum atomic E-state index is 14.0. The van der Waals surface area contributed by atoms with E-state index in [1.54, 1.807) is 12.3 Å². The van der Waals surface area contributed by atoms with Crippen molar-refractivity contribution in [2.24, 2.45) is 0 Å². The number of halogens is 2. The lowest BCUT2D eigenvalue weighted by molar-refractivity contribution is 0.0940. The Kier molecular flexibility index (Phi) is 6.64. The van der Waals surface area contributed by atoms with E-state index in [1.165, 1.54) is 12.1 Å². The van der Waals surface area contributed by atoms with Crippen LogP contribution in [0.4, 0.5) is 10.1 Å². The van der Waals surface area contributed by atoms with E-state index < -0.39 is 11.9 Å². The summed E-state index contributed by atoms with van der Waals surface area (Å²) in [4.78, 5) is 25.5. The Balaban J connectivity index is 1.57. The van der Waals surface area contributed by atoms with Crippen LogP contribution in [-0.4, -0.2) is 41.6 Å². The predicted octanol–water partition coefficient (Wildman–Crippen LogP) is 5.29. The number of benzene rings is 1. The van der Waals surface area contributed by atoms with Gasteiger partial charge in [0.05, 0.1) is 33.5 Å². The fraction of sp³-hybridized carbons (Fsp3) is 0.444. The molecule has 1 aromatic carbocycles. The molecule has 2 aromatic heterocycles. The third kappa shape index (κ3) is 4.98. The summed E-state index contributed by atoms with van der Waals surface area (Å²) in [7, 11) is 0. The summed E-state index contributed by atoms with van der Waals surface area (Å²) < 4.78 is 14.0. The molecule has 3 heterocycles. The van der Waals surface area contributed by atoms with Gasteiger partial charge in [0.2, 0.25) is 0 Å². The average molecular weight is 496 g/mol. The zero-order chi connectivity index (χ0) is 24.7. The van der Waals surface area contributed by atoms with E-state index in [1.807, 2.05) is 13.8 Å². The van der Waals surface area contributed by atoms with Crippen molar-refractivity contribution in [1.29, 1.82) is 0 Å². The van der Waals surface area contributed by atoms with Crippen LogP contribution in [0, 0.1) is 12.7 Å². The Bertz CT molecular complexity index is 1280. The molecule has 0 radical (unpaired) electrons. The molecule has 5 rings (SSSR count). The molecule has 1 saturated heterocycles. The van der Waals surface area contributed by atoms with Crippen LogP contribution in [-0.2, 0) is 0 Å². The monoisotopic (exact) mass is 495 g/mol. The Hall–Kier alpha value is -2.77. The van der Waals surface area contributed by atoms with Crippen molar-refractivity contribution >= 4 is 34.1 Å². The number of aryl methyl sites for hydroxylation is 1. The minimum atomic E-state index is -0.500. The Morgan fingerprint density at radius 3 is 2.80 bits per heavy atom. The molecule has 3 aromatic rings. The van der Waals surface area contributed by atoms with Crippen molar-refractivity contribution < 1.29 is 9.18 Å². The van der Waals surface area contributed by atoms with E-state index in [9.17, 15) is 9.18 Å². The molecule has 0 bridgehead atoms. The number of fused-ring (bicyclic) bond motifs is 1. The summed E-state index contributed by atoms with van der Waals surface area (Å²) in [6, 6.07) is 6.68. The minimum Gasteiger partial charge on any atom is -0.369 e. The maximum Gasteiger partial charge on any atom is 0.255 e. The molecule has 6 nitrogen and oxygen atoms in total. The lowest BCUT2D eigenvalue weighted by Gasteiger charge is -2.27. The number of hydrogen-bond donors (Lipinski definition) is 2. The van der Waals surface area contributed by atoms with Crippen LogP contribution in [0.25, 0.3) is 10.9 Å². The smallest absolute Gasteiger partial charge is 0.255 e. The van der Waals surface area contributed by atoms with E-state index >= 15 is 0 Å². The molecular formula is C27H31ClFN5O. The minimum absolute atomic E-state index is 0.0627. The largest absolute Gasteiger partial charge is 0.369 e. The first-order valence-electron chi connectivity index (χ1n) is 12.4. The van der Waals surface area contributed by atoms with Gasteiger partial charge in [-0.15, -0.1) is 0 Å². The third-order valence-electron chi connectivity index (χ3n) is 7.00. The van der Waals surface area contributed by atoms with E-state index in [0.717, 1.165) is 66.9 Å². The van der Waals surface area contributed by atoms with Crippen LogP contribution >= 0.6 is 11.6 Å². The summed E-state index contributed by atoms with van der Waals surface area (Å²) in [5.41, 5.74) is 4.96. The highest BCUT2D eigenvalue weighted by molar-refractivity contribution is 6.30. The van der Waals surface area contributed by atoms with Gasteiger partial charge in [-0.3, -0.25) is 14.8 Å². The van der Waals surface area contributed by atoms with Gasteiger partial charge in [0.15, 0.2) is 0 Å². The third-order valence-corrected chi connectivity index (χ3v) is 7.31. The molecule has 2 N–H and O–H groups in total. The SMILES string of the molecule is Cc1cc2c(N3CCN[C@@H](C)CC3)c(C(=O)N[C@@H](C)c3ccc(Cl)c(F)c3)cnc2c(C2CC2)n1. The van der Waals surface area contributed by atoms with E-state index in [-0.39, 0.29) is 10.9 Å². The number of aromatic nitrogens is 2. The van der Waals surface area contributed by atoms with Gasteiger partial charge < -0.3 is 15.5 Å². The van der Waals surface area contributed by atoms with Crippen molar-refractivity contribution in [2.45, 2.75) is 58.0 Å². The van der Waals surface area contributed by atoms with Crippen molar-refractivity contribution in [3.05, 3.63) is 63.8 Å². The summed E-state index contributed by atoms with van der Waals surface area (Å²) in [6.07, 6.45) is 4.92. The molecule has 2 atom stereocenters. The van der Waals surface area contributed by atoms with Gasteiger partial charge in [0.1, 0.15) is 5.82 Å². The van der Waals surface area contributed by atoms with Crippen LogP contribution in [0.3, 0.4) is 0 Å². The highest BCUT2D eigenvalue weighted by Gasteiger charge is 2.31. The molecule has 1 aliphatic carbocycles. The molecule has 184 valence electrons. The van der Waals surface area contributed by atoms with Crippen molar-refractivity contribution in [2.75, 3.05) is 24.5 Å². The number of nitrogens with one attached hydrogen (secondary N) is 2. The summed E-state index contributed by atoms with van der Waals surface area (Å²) in [5, 5.41) is 7.63. The Labute approximate surface area is 210 Å². The quantitative estimate of drug-likeness (QED) is 0.503. The lowest BCUT2D eigenvalue weighted by atomic mass is 10.0. The van der Waals surface area contributed by atoms with Crippen LogP contribution in [0.1, 0.15) is 72.4 Å². The second kappa shape index (κ2) is 9.70. The molecule has 0 spiro atoms. The molecule has 35 heavy (non-hydrogen) atoms. The second-order valence-corrected chi connectivity index (χ2v) is 10.2. The van der Waals surface area contributed by atoms with E-state index in [4.69, 9.17) is 21.6 Å². The standard InChI is InChI=1S/C27H31ClFN5O/c1-15-8-10-34(11-9-30-15)26-20-12-16(2)32-24(18-4-5-18)25(20)31-14-21(26)27(35)33-17(3)19-6-7-22(28)23(29)13-19/h6-7,12-15,17-18,30H,4-5,8-11H2,1-3H3,(H,33,35)/t15-,17-/m0/s1. The van der Waals surface area contributed by atoms with Crippen molar-refractivity contribution in [3.8, 4) is 0 Å². The Morgan fingerprint density at radius 1 is 1.26 bits per heavy atom. The Morgan fingerprint density at radius 2 is 2.06 bits per heavy atom. The van der Waals surface area contributed by atoms with Crippen LogP contribution in [0.5, 0.6) is 0 Å². The van der Waals surface area contributed by atoms with Gasteiger partial charge in [0, 0.05) is 48.9 Å². The zero-order valence-corrected chi connectivity index (χ0v) is 21.1. The zero-order valence-electron chi connectivity index (χ0n) is 20.4. The highest BCUT2D eigenvalue weighted by atomic mass is 35.5. The molecule has 2 aliphatic rings. The predicted molar refractivity (Wildman–Crippen MR) is 138 cm³/mol. The summed E-state index contributed by atoms with van der Waals surface area (Å²) in [5.74, 6) is -0.284. The fourth-order valence-electron chi connectivity index (χ4n) is 4.86. The molecule has 1 saturated carbocycles. The van der Waals surface area contributed by atoms with E-state index in [0.29, 0.717) is 23.1 Å². The topological polar surface area (TPSA) is 70.2 Å². The molecule has 1 amide bonds. The van der Waals surface area contributed by atoms with Gasteiger partial charge in [-0.25, -0.2) is 4.39 Å². The number of pyridine rings is 2. The maximum absolute atomic E-state index is 14.0. The second-order valence-electron chi connectivity index (χ2n) is 9.84. The molecule has 1 aliphatic heterocycles. The number of hydrogen-bond acceptors (Lipinski definition) is 5. The summed E-state index contributed by atoms with van der Waals surface area (Å²) in [6.45, 7) is 8.50. The first-order valence-corrected chi connectivity index (χ1v) is 12.7. The first kappa shape index (κ1) is 23.9. The van der Waals surface area contributed by atoms with Gasteiger partial charge in [0.25, 0.3) is 5.91 Å². The van der Waals surface area contributed by atoms with Crippen molar-refractivity contribution in [1.82, 2.24) is 20.6 Å². The van der Waals surface area contributed by atoms with Crippen molar-refractivity contribution in [3.63, 3.8) is 0 Å². The van der Waals surface area contributed by atoms with Crippen LogP contribution < -0.4 is 15.5 Å². The normalized spacial score (nSPS) is 19.5. The van der Waals surface area contributed by atoms with Gasteiger partial charge in [-0.2, -0.15) is 0 Å². The number of rotatable bonds is 5. The summed E-state index contributed by atoms with van der Waals surface area (Å²) >= 11 is 5.84. The molecule has 0 unspecified atom stereocenters. The average Bonchev–Trinajstić information content (AvgIpc) is 3.68. The molecule has 2 fully saturated rings.